The minimum atomic E-state index is -1.57. The van der Waals surface area contributed by atoms with Crippen LogP contribution in [0.3, 0.4) is 0 Å². The Morgan fingerprint density at radius 2 is 0.875 bits per heavy atom. The van der Waals surface area contributed by atoms with Crippen molar-refractivity contribution < 1.29 is 48.1 Å². The van der Waals surface area contributed by atoms with Gasteiger partial charge >= 0.3 is 7.12 Å². The zero-order valence-corrected chi connectivity index (χ0v) is 68.8. The fourth-order valence-electron chi connectivity index (χ4n) is 14.5. The number of halogens is 1. The van der Waals surface area contributed by atoms with Gasteiger partial charge in [0, 0.05) is 134 Å². The number of benzene rings is 2. The predicted octanol–water partition coefficient (Wildman–Crippen LogP) is 16.4. The van der Waals surface area contributed by atoms with Gasteiger partial charge in [0.2, 0.25) is 0 Å². The van der Waals surface area contributed by atoms with Gasteiger partial charge in [-0.15, -0.1) is 0 Å². The Bertz CT molecular complexity index is 4060. The second-order valence-electron chi connectivity index (χ2n) is 33.9. The monoisotopic (exact) mass is 1510 g/mol. The molecule has 0 saturated heterocycles. The first-order valence-corrected chi connectivity index (χ1v) is 52.5. The number of nitrogens with zero attached hydrogens (tertiary/aromatic N) is 10. The third kappa shape index (κ3) is 22.3. The van der Waals surface area contributed by atoms with Crippen molar-refractivity contribution >= 4 is 92.0 Å². The molecule has 4 aliphatic carbocycles. The Labute approximate surface area is 625 Å². The summed E-state index contributed by atoms with van der Waals surface area (Å²) in [5, 5.41) is 27.9. The summed E-state index contributed by atoms with van der Waals surface area (Å²) in [6.45, 7) is 33.4. The fraction of sp³-hybridized carbons (Fsp3) is 0.538. The summed E-state index contributed by atoms with van der Waals surface area (Å²) < 4.78 is 39.5. The number of aromatic nitrogens is 8. The second kappa shape index (κ2) is 35.9. The molecule has 8 aromatic rings. The Morgan fingerprint density at radius 3 is 1.23 bits per heavy atom. The quantitative estimate of drug-likeness (QED) is 0.0131. The van der Waals surface area contributed by atoms with Crippen LogP contribution in [0.4, 0.5) is 11.6 Å². The van der Waals surface area contributed by atoms with E-state index in [1.807, 2.05) is 64.2 Å². The molecule has 2 aromatic carbocycles. The molecule has 104 heavy (non-hydrogen) atoms. The lowest BCUT2D eigenvalue weighted by Gasteiger charge is -2.30. The Hall–Kier alpha value is -6.50. The van der Waals surface area contributed by atoms with Crippen molar-refractivity contribution in [1.29, 1.82) is 0 Å². The average Bonchev–Trinajstić information content (AvgIpc) is 1.58. The first-order chi connectivity index (χ1) is 49.5. The Morgan fingerprint density at radius 1 is 0.490 bits per heavy atom. The molecular formula is C78H112BClN10O10Si4. The highest BCUT2D eigenvalue weighted by Gasteiger charge is 2.38. The summed E-state index contributed by atoms with van der Waals surface area (Å²) in [6.07, 6.45) is 21.9. The number of hydrogen-bond acceptors (Lipinski definition) is 18. The number of anilines is 2. The third-order valence-corrected chi connectivity index (χ3v) is 27.7. The minimum absolute atomic E-state index is 0.267. The normalized spacial score (nSPS) is 18.7. The Balaban J connectivity index is 0.000000193. The van der Waals surface area contributed by atoms with Gasteiger partial charge in [-0.1, -0.05) is 128 Å². The van der Waals surface area contributed by atoms with Crippen molar-refractivity contribution in [3.63, 3.8) is 0 Å². The fourth-order valence-corrected chi connectivity index (χ4v) is 17.6. The van der Waals surface area contributed by atoms with Gasteiger partial charge in [-0.2, -0.15) is 19.2 Å². The number of fused-ring (bicyclic) bond motifs is 6. The van der Waals surface area contributed by atoms with Crippen molar-refractivity contribution in [3.05, 3.63) is 125 Å². The van der Waals surface area contributed by atoms with Crippen LogP contribution in [0.15, 0.2) is 97.6 Å². The average molecular weight is 1510 g/mol. The van der Waals surface area contributed by atoms with Crippen molar-refractivity contribution in [2.75, 3.05) is 77.4 Å². The van der Waals surface area contributed by atoms with Crippen LogP contribution in [0.1, 0.15) is 108 Å². The topological polar surface area (TPSA) is 223 Å². The number of methoxy groups -OCH3 is 2. The molecule has 6 atom stereocenters. The number of rotatable bonds is 32. The van der Waals surface area contributed by atoms with E-state index >= 15 is 0 Å². The molecule has 0 spiro atoms. The van der Waals surface area contributed by atoms with Crippen LogP contribution in [0, 0.1) is 23.7 Å². The highest BCUT2D eigenvalue weighted by Crippen LogP contribution is 2.50. The van der Waals surface area contributed by atoms with Crippen LogP contribution in [0.25, 0.3) is 44.8 Å². The molecule has 6 heterocycles. The van der Waals surface area contributed by atoms with Gasteiger partial charge < -0.3 is 48.3 Å². The molecule has 4 saturated carbocycles. The smallest absolute Gasteiger partial charge is 0.488 e. The molecule has 12 rings (SSSR count). The predicted molar refractivity (Wildman–Crippen MR) is 429 cm³/mol. The molecule has 0 aliphatic heterocycles. The van der Waals surface area contributed by atoms with E-state index in [-0.39, 0.29) is 5.46 Å². The first-order valence-electron chi connectivity index (χ1n) is 37.3. The minimum Gasteiger partial charge on any atom is -0.496 e. The van der Waals surface area contributed by atoms with Gasteiger partial charge in [0.05, 0.1) is 43.4 Å². The number of aldehydes is 2. The van der Waals surface area contributed by atoms with Crippen molar-refractivity contribution in [2.45, 2.75) is 179 Å². The number of ether oxygens (including phenoxy) is 6. The number of carbonyl (C=O) groups excluding carboxylic acids is 2. The number of pyridine rings is 2. The lowest BCUT2D eigenvalue weighted by Crippen LogP contribution is -2.33. The summed E-state index contributed by atoms with van der Waals surface area (Å²) in [6, 6.07) is 26.8. The molecule has 4 bridgehead atoms. The highest BCUT2D eigenvalue weighted by molar-refractivity contribution is 6.77. The van der Waals surface area contributed by atoms with Crippen LogP contribution in [-0.2, 0) is 18.9 Å². The largest absolute Gasteiger partial charge is 0.496 e. The zero-order valence-electron chi connectivity index (χ0n) is 64.0. The van der Waals surface area contributed by atoms with Crippen LogP contribution in [-0.4, -0.2) is 169 Å². The molecule has 20 nitrogen and oxygen atoms in total. The van der Waals surface area contributed by atoms with E-state index in [1.54, 1.807) is 13.2 Å². The van der Waals surface area contributed by atoms with Gasteiger partial charge in [-0.05, 0) is 140 Å². The highest BCUT2D eigenvalue weighted by atomic mass is 35.5. The molecular weight excluding hydrogens is 1400 g/mol. The Kier molecular flexibility index (Phi) is 27.7. The van der Waals surface area contributed by atoms with Crippen LogP contribution in [0.5, 0.6) is 11.5 Å². The maximum Gasteiger partial charge on any atom is 0.488 e. The molecule has 26 heteroatoms. The second-order valence-corrected chi connectivity index (χ2v) is 56.8. The first kappa shape index (κ1) is 80.1. The molecule has 0 radical (unpaired) electrons. The molecule has 560 valence electrons. The summed E-state index contributed by atoms with van der Waals surface area (Å²) in [5.41, 5.74) is 10.5. The van der Waals surface area contributed by atoms with E-state index in [2.05, 4.69) is 112 Å². The van der Waals surface area contributed by atoms with E-state index < -0.39 is 39.4 Å². The van der Waals surface area contributed by atoms with E-state index in [0.29, 0.717) is 72.8 Å². The van der Waals surface area contributed by atoms with E-state index in [9.17, 15) is 9.59 Å². The maximum absolute atomic E-state index is 11.7. The van der Waals surface area contributed by atoms with E-state index in [0.717, 1.165) is 143 Å². The van der Waals surface area contributed by atoms with Crippen molar-refractivity contribution in [3.8, 4) is 45.0 Å². The third-order valence-electron chi connectivity index (χ3n) is 20.6. The summed E-state index contributed by atoms with van der Waals surface area (Å²) in [7, 11) is -3.42. The lowest BCUT2D eigenvalue weighted by molar-refractivity contribution is 0.0940. The zero-order chi connectivity index (χ0) is 74.5. The molecule has 6 aromatic heterocycles. The van der Waals surface area contributed by atoms with Crippen LogP contribution in [0.2, 0.25) is 108 Å². The van der Waals surface area contributed by atoms with Gasteiger partial charge in [-0.25, -0.2) is 15.0 Å². The SMILES string of the molecule is COc1ccc(-c2ccc(-c3cnn4c(N(COCC[Si](C)(C)C)COCC[Si](C)(C)C)cc(C5C[C@H]6CC[C@@H](C5)C6)nc34)cn2)cc1C=O.COc1ccc(B(O)O)cc1C=O.C[Si](C)(C)CCOCN(COCC[Si](C)(C)C)c1cc(C2C[C@H]3CC[C@@H](C2)C3)nc2c(-c3ccc(Cl)nc3)cnn12. The number of hydrogen-bond donors (Lipinski definition) is 2. The van der Waals surface area contributed by atoms with Gasteiger partial charge in [0.25, 0.3) is 0 Å². The standard InChI is InChI=1S/C39H55N5O4Si2.C31H48ClN5O2Si2.C8H9BO4/c1-46-37-13-11-30(21-33(37)25-45)35-12-10-31(23-40-35)34-24-41-44-38(22-36(42-39(34)44)32-19-28-8-9-29(18-28)20-32)43(26-47-14-16-49(2,3)4)27-48-15-17-50(5,6)7;1-40(2,3)13-11-38-21-36(22-39-12-14-41(4,5)6)30-18-28(26-16-23-7-8-24(15-23)17-26)35-31-27(20-34-37(30)31)25-9-10-29(32)33-19-25;1-13-8-3-2-7(9(11)12)4-6(8)5-10/h10-13,21-25,28-29,32H,8-9,14-20,26-27H2,1-7H3;9-10,18-20,23-24,26H,7-8,11-17,21-22H2,1-6H3;2-5,11-12H,1H3/t28-,29+,32?;23-,24+,26?;. The molecule has 2 unspecified atom stereocenters. The molecule has 2 N–H and O–H groups in total. The summed E-state index contributed by atoms with van der Waals surface area (Å²) in [5.74, 6) is 7.06. The van der Waals surface area contributed by atoms with Crippen molar-refractivity contribution in [2.24, 2.45) is 23.7 Å². The van der Waals surface area contributed by atoms with Gasteiger partial charge in [0.15, 0.2) is 23.9 Å². The molecule has 4 fully saturated rings. The van der Waals surface area contributed by atoms with Gasteiger partial charge in [-0.3, -0.25) is 14.6 Å². The maximum atomic E-state index is 11.7. The molecule has 0 amide bonds. The van der Waals surface area contributed by atoms with E-state index in [4.69, 9.17) is 75.2 Å². The van der Waals surface area contributed by atoms with E-state index in [1.165, 1.54) is 95.2 Å². The molecule has 4 aliphatic rings. The van der Waals surface area contributed by atoms with Crippen molar-refractivity contribution in [1.82, 2.24) is 39.2 Å². The summed E-state index contributed by atoms with van der Waals surface area (Å²) in [4.78, 5) is 46.4. The number of carbonyl (C=O) groups is 2. The lowest BCUT2D eigenvalue weighted by atomic mass is 9.79. The summed E-state index contributed by atoms with van der Waals surface area (Å²) >= 11 is 6.12. The van der Waals surface area contributed by atoms with Gasteiger partial charge in [0.1, 0.15) is 55.2 Å². The van der Waals surface area contributed by atoms with Crippen LogP contribution >= 0.6 is 11.6 Å². The van der Waals surface area contributed by atoms with Crippen LogP contribution < -0.4 is 24.7 Å².